The van der Waals surface area contributed by atoms with Crippen LogP contribution in [-0.4, -0.2) is 22.0 Å². The number of hydrogen-bond acceptors (Lipinski definition) is 4. The zero-order chi connectivity index (χ0) is 14.7. The van der Waals surface area contributed by atoms with Gasteiger partial charge in [0.15, 0.2) is 0 Å². The monoisotopic (exact) mass is 272 g/mol. The molecule has 0 saturated carbocycles. The number of primary amides is 1. The Bertz CT molecular complexity index is 683. The number of anilines is 1. The van der Waals surface area contributed by atoms with E-state index in [1.807, 2.05) is 0 Å². The van der Waals surface area contributed by atoms with Crippen LogP contribution in [0.4, 0.5) is 5.69 Å². The van der Waals surface area contributed by atoms with Gasteiger partial charge in [-0.2, -0.15) is 0 Å². The number of phenolic OH excluding ortho intramolecular Hbond substituents is 2. The number of amides is 2. The van der Waals surface area contributed by atoms with Gasteiger partial charge in [-0.1, -0.05) is 6.07 Å². The van der Waals surface area contributed by atoms with Gasteiger partial charge in [-0.15, -0.1) is 0 Å². The molecule has 2 aromatic carbocycles. The second kappa shape index (κ2) is 5.31. The predicted molar refractivity (Wildman–Crippen MR) is 72.7 cm³/mol. The Balaban J connectivity index is 2.25. The lowest BCUT2D eigenvalue weighted by molar-refractivity contribution is 0.0995. The maximum absolute atomic E-state index is 12.0. The highest BCUT2D eigenvalue weighted by Gasteiger charge is 2.12. The number of benzene rings is 2. The molecule has 0 aromatic heterocycles. The van der Waals surface area contributed by atoms with Crippen LogP contribution in [0.3, 0.4) is 0 Å². The zero-order valence-corrected chi connectivity index (χ0v) is 10.3. The molecule has 0 aliphatic carbocycles. The molecule has 0 aliphatic heterocycles. The SMILES string of the molecule is NC(=O)c1cccc(NC(=O)c2cc(O)ccc2O)c1. The van der Waals surface area contributed by atoms with E-state index in [2.05, 4.69) is 5.32 Å². The Labute approximate surface area is 114 Å². The number of aromatic hydroxyl groups is 2. The maximum atomic E-state index is 12.0. The number of phenols is 2. The van der Waals surface area contributed by atoms with Crippen LogP contribution >= 0.6 is 0 Å². The van der Waals surface area contributed by atoms with Crippen LogP contribution < -0.4 is 11.1 Å². The van der Waals surface area contributed by atoms with E-state index < -0.39 is 11.8 Å². The molecule has 0 atom stereocenters. The van der Waals surface area contributed by atoms with Crippen molar-refractivity contribution in [3.05, 3.63) is 53.6 Å². The summed E-state index contributed by atoms with van der Waals surface area (Å²) in [5.74, 6) is -1.62. The summed E-state index contributed by atoms with van der Waals surface area (Å²) in [6.45, 7) is 0. The highest BCUT2D eigenvalue weighted by atomic mass is 16.3. The van der Waals surface area contributed by atoms with Crippen LogP contribution in [-0.2, 0) is 0 Å². The van der Waals surface area contributed by atoms with E-state index in [1.165, 1.54) is 24.3 Å². The number of carbonyl (C=O) groups excluding carboxylic acids is 2. The van der Waals surface area contributed by atoms with E-state index in [1.54, 1.807) is 12.1 Å². The Morgan fingerprint density at radius 1 is 1.05 bits per heavy atom. The van der Waals surface area contributed by atoms with Crippen LogP contribution in [0.5, 0.6) is 11.5 Å². The normalized spacial score (nSPS) is 10.0. The first-order chi connectivity index (χ1) is 9.47. The molecule has 0 bridgehead atoms. The largest absolute Gasteiger partial charge is 0.508 e. The van der Waals surface area contributed by atoms with Crippen molar-refractivity contribution >= 4 is 17.5 Å². The molecular weight excluding hydrogens is 260 g/mol. The van der Waals surface area contributed by atoms with Crippen molar-refractivity contribution in [2.45, 2.75) is 0 Å². The lowest BCUT2D eigenvalue weighted by Gasteiger charge is -2.08. The molecule has 0 unspecified atom stereocenters. The fraction of sp³-hybridized carbons (Fsp3) is 0. The predicted octanol–water partition coefficient (Wildman–Crippen LogP) is 1.45. The van der Waals surface area contributed by atoms with Gasteiger partial charge in [0, 0.05) is 11.3 Å². The number of carbonyl (C=O) groups is 2. The molecule has 6 nitrogen and oxygen atoms in total. The van der Waals surface area contributed by atoms with Gasteiger partial charge in [0.2, 0.25) is 5.91 Å². The third-order valence-electron chi connectivity index (χ3n) is 2.63. The summed E-state index contributed by atoms with van der Waals surface area (Å²) in [7, 11) is 0. The van der Waals surface area contributed by atoms with Crippen molar-refractivity contribution in [1.82, 2.24) is 0 Å². The standard InChI is InChI=1S/C14H12N2O4/c15-13(19)8-2-1-3-9(6-8)16-14(20)11-7-10(17)4-5-12(11)18/h1-7,17-18H,(H2,15,19)(H,16,20). The third kappa shape index (κ3) is 2.86. The highest BCUT2D eigenvalue weighted by Crippen LogP contribution is 2.23. The average molecular weight is 272 g/mol. The molecule has 0 aliphatic rings. The quantitative estimate of drug-likeness (QED) is 0.633. The molecule has 6 heteroatoms. The Kier molecular flexibility index (Phi) is 3.56. The van der Waals surface area contributed by atoms with Crippen molar-refractivity contribution in [3.8, 4) is 11.5 Å². The Hall–Kier alpha value is -3.02. The van der Waals surface area contributed by atoms with Gasteiger partial charge in [-0.25, -0.2) is 0 Å². The summed E-state index contributed by atoms with van der Waals surface area (Å²) in [6.07, 6.45) is 0. The number of nitrogens with one attached hydrogen (secondary N) is 1. The minimum atomic E-state index is -0.611. The van der Waals surface area contributed by atoms with Gasteiger partial charge in [0.25, 0.3) is 5.91 Å². The molecule has 20 heavy (non-hydrogen) atoms. The van der Waals surface area contributed by atoms with Crippen molar-refractivity contribution in [3.63, 3.8) is 0 Å². The van der Waals surface area contributed by atoms with Crippen LogP contribution in [0, 0.1) is 0 Å². The van der Waals surface area contributed by atoms with E-state index in [0.717, 1.165) is 6.07 Å². The van der Waals surface area contributed by atoms with E-state index in [4.69, 9.17) is 5.73 Å². The van der Waals surface area contributed by atoms with Gasteiger partial charge in [-0.3, -0.25) is 9.59 Å². The molecule has 0 heterocycles. The number of nitrogens with two attached hydrogens (primary N) is 1. The van der Waals surface area contributed by atoms with Crippen LogP contribution in [0.1, 0.15) is 20.7 Å². The number of hydrogen-bond donors (Lipinski definition) is 4. The average Bonchev–Trinajstić information content (AvgIpc) is 2.41. The molecule has 2 aromatic rings. The number of rotatable bonds is 3. The van der Waals surface area contributed by atoms with Gasteiger partial charge in [-0.05, 0) is 36.4 Å². The summed E-state index contributed by atoms with van der Waals surface area (Å²) in [4.78, 5) is 23.0. The fourth-order valence-electron chi connectivity index (χ4n) is 1.65. The lowest BCUT2D eigenvalue weighted by Crippen LogP contribution is -2.14. The summed E-state index contributed by atoms with van der Waals surface area (Å²) < 4.78 is 0. The minimum Gasteiger partial charge on any atom is -0.508 e. The van der Waals surface area contributed by atoms with Gasteiger partial charge >= 0.3 is 0 Å². The van der Waals surface area contributed by atoms with E-state index in [0.29, 0.717) is 5.69 Å². The topological polar surface area (TPSA) is 113 Å². The first kappa shape index (κ1) is 13.4. The van der Waals surface area contributed by atoms with E-state index in [-0.39, 0.29) is 22.6 Å². The molecule has 2 rings (SSSR count). The molecule has 0 radical (unpaired) electrons. The molecular formula is C14H12N2O4. The van der Waals surface area contributed by atoms with E-state index >= 15 is 0 Å². The molecule has 0 spiro atoms. The molecule has 2 amide bonds. The van der Waals surface area contributed by atoms with Crippen molar-refractivity contribution < 1.29 is 19.8 Å². The van der Waals surface area contributed by atoms with Crippen molar-refractivity contribution in [2.24, 2.45) is 5.73 Å². The summed E-state index contributed by atoms with van der Waals surface area (Å²) >= 11 is 0. The summed E-state index contributed by atoms with van der Waals surface area (Å²) in [6, 6.07) is 9.69. The van der Waals surface area contributed by atoms with Gasteiger partial charge in [0.05, 0.1) is 5.56 Å². The molecule has 0 saturated heterocycles. The Morgan fingerprint density at radius 2 is 1.80 bits per heavy atom. The summed E-state index contributed by atoms with van der Waals surface area (Å²) in [5.41, 5.74) is 5.68. The van der Waals surface area contributed by atoms with Crippen LogP contribution in [0.15, 0.2) is 42.5 Å². The molecule has 0 fully saturated rings. The van der Waals surface area contributed by atoms with E-state index in [9.17, 15) is 19.8 Å². The smallest absolute Gasteiger partial charge is 0.259 e. The maximum Gasteiger partial charge on any atom is 0.259 e. The zero-order valence-electron chi connectivity index (χ0n) is 10.3. The van der Waals surface area contributed by atoms with Crippen LogP contribution in [0.2, 0.25) is 0 Å². The van der Waals surface area contributed by atoms with Gasteiger partial charge in [0.1, 0.15) is 11.5 Å². The minimum absolute atomic E-state index is 0.0746. The second-order valence-corrected chi connectivity index (χ2v) is 4.10. The first-order valence-corrected chi connectivity index (χ1v) is 5.70. The second-order valence-electron chi connectivity index (χ2n) is 4.10. The highest BCUT2D eigenvalue weighted by molar-refractivity contribution is 6.07. The summed E-state index contributed by atoms with van der Waals surface area (Å²) in [5, 5.41) is 21.4. The Morgan fingerprint density at radius 3 is 2.50 bits per heavy atom. The first-order valence-electron chi connectivity index (χ1n) is 5.70. The van der Waals surface area contributed by atoms with Crippen molar-refractivity contribution in [1.29, 1.82) is 0 Å². The van der Waals surface area contributed by atoms with Gasteiger partial charge < -0.3 is 21.3 Å². The lowest BCUT2D eigenvalue weighted by atomic mass is 10.1. The third-order valence-corrected chi connectivity index (χ3v) is 2.63. The van der Waals surface area contributed by atoms with Crippen LogP contribution in [0.25, 0.3) is 0 Å². The molecule has 102 valence electrons. The molecule has 5 N–H and O–H groups in total. The fourth-order valence-corrected chi connectivity index (χ4v) is 1.65. The van der Waals surface area contributed by atoms with Crippen molar-refractivity contribution in [2.75, 3.05) is 5.32 Å².